The molecule has 0 unspecified atom stereocenters. The van der Waals surface area contributed by atoms with Gasteiger partial charge in [0.05, 0.1) is 12.0 Å². The molecular formula is C14H19NO3. The quantitative estimate of drug-likeness (QED) is 0.760. The van der Waals surface area contributed by atoms with Crippen molar-refractivity contribution in [1.29, 1.82) is 0 Å². The van der Waals surface area contributed by atoms with E-state index in [1.807, 2.05) is 0 Å². The van der Waals surface area contributed by atoms with E-state index in [1.165, 1.54) is 0 Å². The predicted octanol–water partition coefficient (Wildman–Crippen LogP) is 1.70. The average molecular weight is 249 g/mol. The highest BCUT2D eigenvalue weighted by Gasteiger charge is 2.33. The highest BCUT2D eigenvalue weighted by Crippen LogP contribution is 2.32. The van der Waals surface area contributed by atoms with Crippen LogP contribution < -0.4 is 5.32 Å². The number of nitrogens with one attached hydrogen (secondary N) is 1. The first-order valence-corrected chi connectivity index (χ1v) is 6.34. The monoisotopic (exact) mass is 249 g/mol. The molecule has 1 aliphatic rings. The molecule has 4 heteroatoms. The molecular weight excluding hydrogens is 230 g/mol. The molecule has 0 aliphatic heterocycles. The molecule has 0 spiro atoms. The second-order valence-corrected chi connectivity index (χ2v) is 5.05. The van der Waals surface area contributed by atoms with Crippen molar-refractivity contribution < 1.29 is 15.0 Å². The Morgan fingerprint density at radius 2 is 1.83 bits per heavy atom. The van der Waals surface area contributed by atoms with E-state index < -0.39 is 5.60 Å². The van der Waals surface area contributed by atoms with Crippen LogP contribution in [0.15, 0.2) is 24.3 Å². The number of aromatic hydroxyl groups is 1. The summed E-state index contributed by atoms with van der Waals surface area (Å²) in [6, 6.07) is 6.71. The summed E-state index contributed by atoms with van der Waals surface area (Å²) < 4.78 is 0. The zero-order valence-electron chi connectivity index (χ0n) is 10.4. The van der Waals surface area contributed by atoms with Crippen molar-refractivity contribution in [1.82, 2.24) is 5.32 Å². The Bertz CT molecular complexity index is 408. The first kappa shape index (κ1) is 12.9. The molecule has 0 heterocycles. The summed E-state index contributed by atoms with van der Waals surface area (Å²) in [4.78, 5) is 11.7. The molecule has 0 aromatic heterocycles. The van der Waals surface area contributed by atoms with Gasteiger partial charge >= 0.3 is 0 Å². The van der Waals surface area contributed by atoms with Crippen LogP contribution in [-0.2, 0) is 11.3 Å². The molecule has 1 aromatic rings. The molecule has 1 saturated carbocycles. The van der Waals surface area contributed by atoms with E-state index in [0.717, 1.165) is 31.2 Å². The van der Waals surface area contributed by atoms with E-state index >= 15 is 0 Å². The Kier molecular flexibility index (Phi) is 3.87. The molecule has 0 atom stereocenters. The van der Waals surface area contributed by atoms with Crippen LogP contribution in [0.3, 0.4) is 0 Å². The Morgan fingerprint density at radius 3 is 2.44 bits per heavy atom. The molecule has 1 amide bonds. The van der Waals surface area contributed by atoms with Gasteiger partial charge in [-0.1, -0.05) is 25.0 Å². The maximum atomic E-state index is 11.7. The van der Waals surface area contributed by atoms with Gasteiger partial charge in [0.15, 0.2) is 0 Å². The molecule has 0 saturated heterocycles. The van der Waals surface area contributed by atoms with Gasteiger partial charge in [-0.05, 0) is 30.5 Å². The van der Waals surface area contributed by atoms with Gasteiger partial charge in [0.25, 0.3) is 0 Å². The minimum absolute atomic E-state index is 0.118. The van der Waals surface area contributed by atoms with Gasteiger partial charge in [-0.25, -0.2) is 0 Å². The van der Waals surface area contributed by atoms with Crippen LogP contribution in [0.25, 0.3) is 0 Å². The molecule has 3 N–H and O–H groups in total. The summed E-state index contributed by atoms with van der Waals surface area (Å²) in [6.45, 7) is 0.426. The van der Waals surface area contributed by atoms with E-state index in [0.29, 0.717) is 6.54 Å². The van der Waals surface area contributed by atoms with Crippen LogP contribution in [0.1, 0.15) is 37.7 Å². The van der Waals surface area contributed by atoms with E-state index in [-0.39, 0.29) is 18.1 Å². The first-order chi connectivity index (χ1) is 8.57. The molecule has 0 bridgehead atoms. The van der Waals surface area contributed by atoms with Crippen molar-refractivity contribution in [2.24, 2.45) is 0 Å². The van der Waals surface area contributed by atoms with Gasteiger partial charge in [0.2, 0.25) is 5.91 Å². The topological polar surface area (TPSA) is 69.6 Å². The molecule has 4 nitrogen and oxygen atoms in total. The average Bonchev–Trinajstić information content (AvgIpc) is 2.75. The fourth-order valence-corrected chi connectivity index (χ4v) is 2.39. The lowest BCUT2D eigenvalue weighted by atomic mass is 9.97. The van der Waals surface area contributed by atoms with Gasteiger partial charge in [-0.3, -0.25) is 4.79 Å². The zero-order valence-corrected chi connectivity index (χ0v) is 10.4. The summed E-state index contributed by atoms with van der Waals surface area (Å²) in [6.07, 6.45) is 3.63. The molecule has 1 aromatic carbocycles. The Labute approximate surface area is 107 Å². The highest BCUT2D eigenvalue weighted by molar-refractivity contribution is 5.77. The third kappa shape index (κ3) is 3.47. The van der Waals surface area contributed by atoms with Gasteiger partial charge in [0, 0.05) is 6.54 Å². The smallest absolute Gasteiger partial charge is 0.223 e. The van der Waals surface area contributed by atoms with Crippen LogP contribution in [0.5, 0.6) is 5.75 Å². The molecule has 1 fully saturated rings. The van der Waals surface area contributed by atoms with Crippen LogP contribution in [0.4, 0.5) is 0 Å². The number of hydrogen-bond donors (Lipinski definition) is 3. The van der Waals surface area contributed by atoms with Gasteiger partial charge in [-0.15, -0.1) is 0 Å². The Hall–Kier alpha value is -1.55. The van der Waals surface area contributed by atoms with Crippen molar-refractivity contribution in [3.63, 3.8) is 0 Å². The largest absolute Gasteiger partial charge is 0.508 e. The number of amides is 1. The van der Waals surface area contributed by atoms with Crippen LogP contribution in [0.2, 0.25) is 0 Å². The standard InChI is InChI=1S/C14H19NO3/c16-12-5-3-11(4-6-12)10-15-13(17)9-14(18)7-1-2-8-14/h3-6,16,18H,1-2,7-10H2,(H,15,17). The first-order valence-electron chi connectivity index (χ1n) is 6.34. The number of phenolic OH excluding ortho intramolecular Hbond substituents is 1. The number of aliphatic hydroxyl groups is 1. The fraction of sp³-hybridized carbons (Fsp3) is 0.500. The molecule has 18 heavy (non-hydrogen) atoms. The van der Waals surface area contributed by atoms with Crippen molar-refractivity contribution >= 4 is 5.91 Å². The lowest BCUT2D eigenvalue weighted by Gasteiger charge is -2.21. The Balaban J connectivity index is 1.79. The van der Waals surface area contributed by atoms with E-state index in [9.17, 15) is 9.90 Å². The van der Waals surface area contributed by atoms with Crippen molar-refractivity contribution in [2.75, 3.05) is 0 Å². The number of hydrogen-bond acceptors (Lipinski definition) is 3. The van der Waals surface area contributed by atoms with Crippen molar-refractivity contribution in [3.05, 3.63) is 29.8 Å². The third-order valence-corrected chi connectivity index (χ3v) is 3.45. The van der Waals surface area contributed by atoms with Crippen molar-refractivity contribution in [2.45, 2.75) is 44.2 Å². The fourth-order valence-electron chi connectivity index (χ4n) is 2.39. The Morgan fingerprint density at radius 1 is 1.22 bits per heavy atom. The number of carbonyl (C=O) groups is 1. The summed E-state index contributed by atoms with van der Waals surface area (Å²) in [5, 5.41) is 22.0. The molecule has 1 aliphatic carbocycles. The number of phenols is 1. The SMILES string of the molecule is O=C(CC1(O)CCCC1)NCc1ccc(O)cc1. The second kappa shape index (κ2) is 5.40. The summed E-state index contributed by atoms with van der Waals surface area (Å²) in [5.41, 5.74) is 0.138. The van der Waals surface area contributed by atoms with Crippen LogP contribution in [-0.4, -0.2) is 21.7 Å². The highest BCUT2D eigenvalue weighted by atomic mass is 16.3. The number of carbonyl (C=O) groups excluding carboxylic acids is 1. The van der Waals surface area contributed by atoms with Gasteiger partial charge in [0.1, 0.15) is 5.75 Å². The second-order valence-electron chi connectivity index (χ2n) is 5.05. The minimum Gasteiger partial charge on any atom is -0.508 e. The lowest BCUT2D eigenvalue weighted by molar-refractivity contribution is -0.126. The minimum atomic E-state index is -0.793. The zero-order chi connectivity index (χ0) is 13.0. The number of rotatable bonds is 4. The molecule has 2 rings (SSSR count). The summed E-state index contributed by atoms with van der Waals surface area (Å²) in [5.74, 6) is 0.0952. The maximum absolute atomic E-state index is 11.7. The van der Waals surface area contributed by atoms with E-state index in [4.69, 9.17) is 5.11 Å². The number of benzene rings is 1. The molecule has 98 valence electrons. The van der Waals surface area contributed by atoms with Crippen LogP contribution >= 0.6 is 0 Å². The third-order valence-electron chi connectivity index (χ3n) is 3.45. The van der Waals surface area contributed by atoms with E-state index in [1.54, 1.807) is 24.3 Å². The lowest BCUT2D eigenvalue weighted by Crippen LogP contribution is -2.34. The van der Waals surface area contributed by atoms with Crippen molar-refractivity contribution in [3.8, 4) is 5.75 Å². The molecule has 0 radical (unpaired) electrons. The predicted molar refractivity (Wildman–Crippen MR) is 68.0 cm³/mol. The normalized spacial score (nSPS) is 17.6. The van der Waals surface area contributed by atoms with E-state index in [2.05, 4.69) is 5.32 Å². The summed E-state index contributed by atoms with van der Waals surface area (Å²) >= 11 is 0. The van der Waals surface area contributed by atoms with Crippen LogP contribution in [0, 0.1) is 0 Å². The summed E-state index contributed by atoms with van der Waals surface area (Å²) in [7, 11) is 0. The van der Waals surface area contributed by atoms with Gasteiger partial charge < -0.3 is 15.5 Å². The van der Waals surface area contributed by atoms with Gasteiger partial charge in [-0.2, -0.15) is 0 Å². The maximum Gasteiger partial charge on any atom is 0.223 e.